The molecule has 234 valence electrons. The Hall–Kier alpha value is -4.12. The van der Waals surface area contributed by atoms with Gasteiger partial charge in [-0.25, -0.2) is 9.78 Å². The van der Waals surface area contributed by atoms with Crippen LogP contribution in [0.2, 0.25) is 0 Å². The largest absolute Gasteiger partial charge is 0.326 e. The summed E-state index contributed by atoms with van der Waals surface area (Å²) in [4.78, 5) is 69.4. The van der Waals surface area contributed by atoms with Crippen LogP contribution in [0.1, 0.15) is 127 Å². The first kappa shape index (κ1) is 29.6. The van der Waals surface area contributed by atoms with E-state index in [1.165, 1.54) is 79.3 Å². The van der Waals surface area contributed by atoms with Crippen LogP contribution in [-0.2, 0) is 15.1 Å². The van der Waals surface area contributed by atoms with Crippen LogP contribution in [-0.4, -0.2) is 45.6 Å². The minimum atomic E-state index is -1.05. The molecule has 1 saturated heterocycles. The normalized spacial score (nSPS) is 21.1. The molecule has 3 aromatic rings. The average molecular weight is 628 g/mol. The van der Waals surface area contributed by atoms with Crippen molar-refractivity contribution in [3.05, 3.63) is 57.6 Å². The van der Waals surface area contributed by atoms with Crippen molar-refractivity contribution in [2.24, 2.45) is 0 Å². The maximum absolute atomic E-state index is 13.3. The summed E-state index contributed by atoms with van der Waals surface area (Å²) in [6, 6.07) is 7.70. The third kappa shape index (κ3) is 5.41. The van der Waals surface area contributed by atoms with Crippen molar-refractivity contribution in [2.75, 3.05) is 5.32 Å². The van der Waals surface area contributed by atoms with Gasteiger partial charge in [0, 0.05) is 12.1 Å². The fraction of sp³-hybridized carbons (Fsp3) is 0.471. The molecule has 1 unspecified atom stereocenters. The van der Waals surface area contributed by atoms with Gasteiger partial charge in [-0.05, 0) is 93.2 Å². The molecule has 2 aliphatic heterocycles. The van der Waals surface area contributed by atoms with Crippen LogP contribution in [0.3, 0.4) is 0 Å². The van der Waals surface area contributed by atoms with Crippen LogP contribution in [0, 0.1) is 0 Å². The number of rotatable bonds is 6. The van der Waals surface area contributed by atoms with E-state index >= 15 is 0 Å². The van der Waals surface area contributed by atoms with E-state index in [9.17, 15) is 24.0 Å². The van der Waals surface area contributed by atoms with Crippen molar-refractivity contribution in [1.82, 2.24) is 20.5 Å². The van der Waals surface area contributed by atoms with Gasteiger partial charge in [0.2, 0.25) is 11.8 Å². The molecule has 7 rings (SSSR count). The summed E-state index contributed by atoms with van der Waals surface area (Å²) in [7, 11) is 0. The number of hydrogen-bond donors (Lipinski definition) is 3. The van der Waals surface area contributed by atoms with Gasteiger partial charge in [0.05, 0.1) is 26.9 Å². The summed E-state index contributed by atoms with van der Waals surface area (Å²) in [6.07, 6.45) is 10.1. The highest BCUT2D eigenvalue weighted by molar-refractivity contribution is 7.18. The number of imide groups is 2. The van der Waals surface area contributed by atoms with E-state index in [0.717, 1.165) is 15.4 Å². The van der Waals surface area contributed by atoms with Gasteiger partial charge in [-0.1, -0.05) is 31.7 Å². The Labute approximate surface area is 265 Å². The molecule has 2 saturated carbocycles. The maximum Gasteiger partial charge on any atom is 0.319 e. The van der Waals surface area contributed by atoms with Crippen LogP contribution < -0.4 is 16.0 Å². The fourth-order valence-corrected chi connectivity index (χ4v) is 8.54. The first-order chi connectivity index (χ1) is 21.6. The number of amides is 6. The zero-order valence-electron chi connectivity index (χ0n) is 25.5. The predicted molar refractivity (Wildman–Crippen MR) is 170 cm³/mol. The van der Waals surface area contributed by atoms with Crippen molar-refractivity contribution in [3.8, 4) is 0 Å². The first-order valence-corrected chi connectivity index (χ1v) is 16.8. The number of carbonyl (C=O) groups is 5. The first-order valence-electron chi connectivity index (χ1n) is 16.0. The molecule has 2 aromatic carbocycles. The molecule has 3 N–H and O–H groups in total. The number of fused-ring (bicyclic) bond motifs is 2. The Morgan fingerprint density at radius 2 is 1.60 bits per heavy atom. The molecule has 4 aliphatic rings. The Kier molecular flexibility index (Phi) is 7.46. The zero-order valence-corrected chi connectivity index (χ0v) is 26.4. The third-order valence-electron chi connectivity index (χ3n) is 9.83. The Morgan fingerprint density at radius 3 is 2.31 bits per heavy atom. The van der Waals surface area contributed by atoms with Crippen LogP contribution in [0.4, 0.5) is 10.5 Å². The Bertz CT molecular complexity index is 1750. The fourth-order valence-electron chi connectivity index (χ4n) is 7.44. The van der Waals surface area contributed by atoms with Gasteiger partial charge < -0.3 is 10.6 Å². The molecular weight excluding hydrogens is 590 g/mol. The van der Waals surface area contributed by atoms with Gasteiger partial charge in [-0.2, -0.15) is 0 Å². The zero-order chi connectivity index (χ0) is 31.5. The summed E-state index contributed by atoms with van der Waals surface area (Å²) in [5, 5.41) is 8.87. The molecule has 1 aromatic heterocycles. The number of urea groups is 1. The maximum atomic E-state index is 13.3. The van der Waals surface area contributed by atoms with E-state index in [1.807, 2.05) is 13.8 Å². The third-order valence-corrected chi connectivity index (χ3v) is 11.2. The monoisotopic (exact) mass is 627 g/mol. The van der Waals surface area contributed by atoms with Crippen LogP contribution >= 0.6 is 11.3 Å². The minimum absolute atomic E-state index is 0.0464. The highest BCUT2D eigenvalue weighted by atomic mass is 32.1. The van der Waals surface area contributed by atoms with Gasteiger partial charge in [0.1, 0.15) is 11.0 Å². The van der Waals surface area contributed by atoms with Gasteiger partial charge in [-0.3, -0.25) is 29.4 Å². The number of hydrogen-bond acceptors (Lipinski definition) is 7. The number of nitrogens with zero attached hydrogens (tertiary/aromatic N) is 2. The highest BCUT2D eigenvalue weighted by Gasteiger charge is 2.44. The second kappa shape index (κ2) is 11.3. The Morgan fingerprint density at radius 1 is 0.911 bits per heavy atom. The van der Waals surface area contributed by atoms with Crippen molar-refractivity contribution in [2.45, 2.75) is 101 Å². The number of piperidine rings is 1. The summed E-state index contributed by atoms with van der Waals surface area (Å²) < 4.78 is 1.17. The molecule has 3 fully saturated rings. The van der Waals surface area contributed by atoms with E-state index in [0.29, 0.717) is 17.5 Å². The van der Waals surface area contributed by atoms with Gasteiger partial charge >= 0.3 is 6.03 Å². The van der Waals surface area contributed by atoms with E-state index in [4.69, 9.17) is 4.98 Å². The van der Waals surface area contributed by atoms with Gasteiger partial charge in [0.25, 0.3) is 11.8 Å². The number of benzene rings is 2. The molecule has 3 heterocycles. The average Bonchev–Trinajstić information content (AvgIpc) is 3.81. The second-order valence-corrected chi connectivity index (χ2v) is 14.4. The minimum Gasteiger partial charge on any atom is -0.326 e. The number of aromatic nitrogens is 1. The Balaban J connectivity index is 1.09. The molecule has 1 atom stereocenters. The van der Waals surface area contributed by atoms with Crippen molar-refractivity contribution < 1.29 is 24.0 Å². The molecule has 0 radical (unpaired) electrons. The highest BCUT2D eigenvalue weighted by Crippen LogP contribution is 2.44. The molecule has 6 amide bonds. The van der Waals surface area contributed by atoms with Crippen LogP contribution in [0.15, 0.2) is 30.3 Å². The van der Waals surface area contributed by atoms with E-state index in [-0.39, 0.29) is 24.0 Å². The summed E-state index contributed by atoms with van der Waals surface area (Å²) in [6.45, 7) is 3.86. The van der Waals surface area contributed by atoms with E-state index in [1.54, 1.807) is 17.4 Å². The van der Waals surface area contributed by atoms with Crippen LogP contribution in [0.5, 0.6) is 0 Å². The van der Waals surface area contributed by atoms with Crippen molar-refractivity contribution in [1.29, 1.82) is 0 Å². The predicted octanol–water partition coefficient (Wildman–Crippen LogP) is 6.07. The number of carbonyl (C=O) groups excluding carboxylic acids is 5. The smallest absolute Gasteiger partial charge is 0.319 e. The quantitative estimate of drug-likeness (QED) is 0.284. The lowest BCUT2D eigenvalue weighted by atomic mass is 9.90. The standard InChI is InChI=1S/C34H37N5O5S/c1-34(2,32-37-28-23(19-9-5-6-10-19)15-20(16-26(28)45-32)18-7-3-4-8-18)38-33(44)35-21-11-12-22-24(17-21)31(43)39(30(22)42)25-13-14-27(40)36-29(25)41/h11-12,15-19,25H,3-10,13-14H2,1-2H3,(H2,35,38,44)(H,36,40,41). The molecule has 10 nitrogen and oxygen atoms in total. The van der Waals surface area contributed by atoms with Gasteiger partial charge in [-0.15, -0.1) is 11.3 Å². The van der Waals surface area contributed by atoms with Crippen molar-refractivity contribution in [3.63, 3.8) is 0 Å². The molecule has 45 heavy (non-hydrogen) atoms. The second-order valence-electron chi connectivity index (χ2n) is 13.4. The lowest BCUT2D eigenvalue weighted by molar-refractivity contribution is -0.136. The SMILES string of the molecule is CC(C)(NC(=O)Nc1ccc2c(c1)C(=O)N(C1CCC(=O)NC1=O)C2=O)c1nc2c(C3CCCC3)cc(C3CCCC3)cc2s1. The number of thiazole rings is 1. The summed E-state index contributed by atoms with van der Waals surface area (Å²) in [5.74, 6) is -1.17. The van der Waals surface area contributed by atoms with E-state index in [2.05, 4.69) is 28.1 Å². The summed E-state index contributed by atoms with van der Waals surface area (Å²) >= 11 is 1.63. The number of nitrogens with one attached hydrogen (secondary N) is 3. The topological polar surface area (TPSA) is 138 Å². The lowest BCUT2D eigenvalue weighted by Gasteiger charge is -2.27. The molecular formula is C34H37N5O5S. The van der Waals surface area contributed by atoms with E-state index < -0.39 is 41.2 Å². The lowest BCUT2D eigenvalue weighted by Crippen LogP contribution is -2.54. The molecule has 0 spiro atoms. The van der Waals surface area contributed by atoms with Crippen LogP contribution in [0.25, 0.3) is 10.2 Å². The molecule has 2 aliphatic carbocycles. The summed E-state index contributed by atoms with van der Waals surface area (Å²) in [5.41, 5.74) is 3.66. The molecule has 11 heteroatoms. The van der Waals surface area contributed by atoms with Crippen molar-refractivity contribution >= 4 is 56.9 Å². The van der Waals surface area contributed by atoms with Gasteiger partial charge in [0.15, 0.2) is 0 Å². The number of anilines is 1. The molecule has 0 bridgehead atoms.